The Morgan fingerprint density at radius 1 is 1.38 bits per heavy atom. The molecule has 5 unspecified atom stereocenters. The molecule has 0 spiro atoms. The lowest BCUT2D eigenvalue weighted by atomic mass is 10.1. The number of nitrogens with two attached hydrogens (primary N) is 1. The summed E-state index contributed by atoms with van der Waals surface area (Å²) in [4.78, 5) is 17.6. The lowest BCUT2D eigenvalue weighted by Crippen LogP contribution is -2.36. The molecule has 8 heteroatoms. The zero-order valence-electron chi connectivity index (χ0n) is 11.8. The van der Waals surface area contributed by atoms with Gasteiger partial charge in [-0.15, -0.1) is 0 Å². The Morgan fingerprint density at radius 3 is 2.57 bits per heavy atom. The second-order valence-electron chi connectivity index (χ2n) is 5.54. The highest BCUT2D eigenvalue weighted by molar-refractivity contribution is 5.92. The van der Waals surface area contributed by atoms with Crippen LogP contribution in [0.2, 0.25) is 0 Å². The fourth-order valence-electron chi connectivity index (χ4n) is 2.65. The molecule has 0 saturated carbocycles. The highest BCUT2D eigenvalue weighted by Gasteiger charge is 2.42. The zero-order chi connectivity index (χ0) is 15.4. The van der Waals surface area contributed by atoms with Gasteiger partial charge in [0.15, 0.2) is 6.23 Å². The normalized spacial score (nSPS) is 35.6. The summed E-state index contributed by atoms with van der Waals surface area (Å²) in [6.07, 6.45) is -0.678. The van der Waals surface area contributed by atoms with E-state index >= 15 is 0 Å². The zero-order valence-corrected chi connectivity index (χ0v) is 11.8. The van der Waals surface area contributed by atoms with Crippen LogP contribution < -0.4 is 5.73 Å². The van der Waals surface area contributed by atoms with Gasteiger partial charge in [0, 0.05) is 12.8 Å². The molecule has 2 fully saturated rings. The minimum absolute atomic E-state index is 0.405. The van der Waals surface area contributed by atoms with Crippen molar-refractivity contribution in [3.8, 4) is 0 Å². The van der Waals surface area contributed by atoms with E-state index in [2.05, 4.69) is 9.89 Å². The van der Waals surface area contributed by atoms with Gasteiger partial charge in [-0.3, -0.25) is 9.79 Å². The number of likely N-dealkylation sites (tertiary alicyclic amines) is 1. The monoisotopic (exact) mass is 301 g/mol. The van der Waals surface area contributed by atoms with Gasteiger partial charge in [0.25, 0.3) is 0 Å². The summed E-state index contributed by atoms with van der Waals surface area (Å²) >= 11 is 0. The first kappa shape index (κ1) is 16.3. The maximum atomic E-state index is 11.5. The molecular weight excluding hydrogens is 278 g/mol. The molecule has 8 nitrogen and oxygen atoms in total. The molecule has 0 aliphatic carbocycles. The van der Waals surface area contributed by atoms with E-state index in [4.69, 9.17) is 15.6 Å². The molecule has 0 aromatic rings. The smallest absolute Gasteiger partial charge is 0.227 e. The Kier molecular flexibility index (Phi) is 5.65. The van der Waals surface area contributed by atoms with Crippen LogP contribution in [0, 0.1) is 5.92 Å². The molecule has 2 saturated heterocycles. The van der Waals surface area contributed by atoms with Crippen LogP contribution in [0.5, 0.6) is 0 Å². The van der Waals surface area contributed by atoms with E-state index in [1.807, 2.05) is 0 Å². The molecule has 5 atom stereocenters. The minimum Gasteiger partial charge on any atom is -0.394 e. The molecule has 0 bridgehead atoms. The lowest BCUT2D eigenvalue weighted by molar-refractivity contribution is -0.120. The summed E-state index contributed by atoms with van der Waals surface area (Å²) in [6.45, 7) is 1.96. The molecular formula is C13H23N3O5. The van der Waals surface area contributed by atoms with E-state index < -0.39 is 43.0 Å². The van der Waals surface area contributed by atoms with Crippen LogP contribution in [-0.4, -0.2) is 83.1 Å². The topological polar surface area (TPSA) is 129 Å². The lowest BCUT2D eigenvalue weighted by Gasteiger charge is -2.18. The van der Waals surface area contributed by atoms with E-state index in [1.165, 1.54) is 6.21 Å². The molecule has 0 aromatic carbocycles. The number of primary amides is 1. The number of hydrogen-bond acceptors (Lipinski definition) is 7. The van der Waals surface area contributed by atoms with Crippen molar-refractivity contribution in [3.63, 3.8) is 0 Å². The molecule has 1 amide bonds. The van der Waals surface area contributed by atoms with Gasteiger partial charge in [0.2, 0.25) is 5.91 Å². The summed E-state index contributed by atoms with van der Waals surface area (Å²) < 4.78 is 5.22. The van der Waals surface area contributed by atoms with Gasteiger partial charge in [-0.1, -0.05) is 0 Å². The fraction of sp³-hybridized carbons (Fsp3) is 0.846. The van der Waals surface area contributed by atoms with Crippen molar-refractivity contribution in [2.24, 2.45) is 16.6 Å². The van der Waals surface area contributed by atoms with Gasteiger partial charge in [-0.2, -0.15) is 0 Å². The van der Waals surface area contributed by atoms with Crippen LogP contribution in [0.4, 0.5) is 0 Å². The average molecular weight is 301 g/mol. The van der Waals surface area contributed by atoms with Gasteiger partial charge in [-0.25, -0.2) is 0 Å². The number of carbonyl (C=O) groups excluding carboxylic acids is 1. The number of aliphatic hydroxyl groups excluding tert-OH is 3. The van der Waals surface area contributed by atoms with E-state index in [1.54, 1.807) is 0 Å². The first-order valence-electron chi connectivity index (χ1n) is 7.20. The predicted molar refractivity (Wildman–Crippen MR) is 74.6 cm³/mol. The summed E-state index contributed by atoms with van der Waals surface area (Å²) in [6, 6.07) is 0. The highest BCUT2D eigenvalue weighted by atomic mass is 16.6. The van der Waals surface area contributed by atoms with Gasteiger partial charge in [0.05, 0.1) is 12.5 Å². The van der Waals surface area contributed by atoms with Crippen molar-refractivity contribution in [2.45, 2.75) is 37.4 Å². The molecule has 21 heavy (non-hydrogen) atoms. The summed E-state index contributed by atoms with van der Waals surface area (Å²) in [5, 5.41) is 28.4. The van der Waals surface area contributed by atoms with Crippen molar-refractivity contribution in [2.75, 3.05) is 26.2 Å². The van der Waals surface area contributed by atoms with Gasteiger partial charge in [0.1, 0.15) is 18.3 Å². The third-order valence-corrected chi connectivity index (χ3v) is 3.95. The van der Waals surface area contributed by atoms with Crippen LogP contribution >= 0.6 is 0 Å². The second-order valence-corrected chi connectivity index (χ2v) is 5.54. The van der Waals surface area contributed by atoms with E-state index in [9.17, 15) is 15.0 Å². The van der Waals surface area contributed by atoms with E-state index in [-0.39, 0.29) is 0 Å². The van der Waals surface area contributed by atoms with Crippen LogP contribution in [0.3, 0.4) is 0 Å². The van der Waals surface area contributed by atoms with E-state index in [0.717, 1.165) is 25.9 Å². The molecule has 2 aliphatic heterocycles. The third-order valence-electron chi connectivity index (χ3n) is 3.95. The maximum Gasteiger partial charge on any atom is 0.227 e. The number of aliphatic hydroxyl groups is 3. The van der Waals surface area contributed by atoms with Crippen molar-refractivity contribution in [3.05, 3.63) is 0 Å². The first-order valence-corrected chi connectivity index (χ1v) is 7.20. The number of amides is 1. The summed E-state index contributed by atoms with van der Waals surface area (Å²) in [5.74, 6) is -1.05. The average Bonchev–Trinajstić information content (AvgIpc) is 3.05. The number of carbonyl (C=O) groups is 1. The molecule has 2 rings (SSSR count). The second kappa shape index (κ2) is 7.28. The van der Waals surface area contributed by atoms with Gasteiger partial charge >= 0.3 is 0 Å². The molecule has 0 radical (unpaired) electrons. The Balaban J connectivity index is 1.94. The molecule has 2 heterocycles. The number of ether oxygens (including phenoxy) is 1. The molecule has 5 N–H and O–H groups in total. The van der Waals surface area contributed by atoms with Crippen LogP contribution in [0.15, 0.2) is 4.99 Å². The number of aliphatic imine (C=N–C) groups is 1. The van der Waals surface area contributed by atoms with Crippen molar-refractivity contribution in [1.82, 2.24) is 4.90 Å². The van der Waals surface area contributed by atoms with Crippen molar-refractivity contribution in [1.29, 1.82) is 0 Å². The largest absolute Gasteiger partial charge is 0.394 e. The van der Waals surface area contributed by atoms with Crippen LogP contribution in [-0.2, 0) is 9.53 Å². The molecule has 0 aromatic heterocycles. The maximum absolute atomic E-state index is 11.5. The standard InChI is InChI=1S/C13H23N3O5/c14-12(20)8(6-16-3-1-2-4-16)5-15-13-11(19)10(18)9(7-17)21-13/h5,8-11,13,17-19H,1-4,6-7H2,(H2,14,20). The van der Waals surface area contributed by atoms with Crippen molar-refractivity contribution < 1.29 is 24.9 Å². The number of hydrogen-bond donors (Lipinski definition) is 4. The molecule has 2 aliphatic rings. The van der Waals surface area contributed by atoms with Crippen molar-refractivity contribution >= 4 is 12.1 Å². The van der Waals surface area contributed by atoms with Gasteiger partial charge < -0.3 is 30.7 Å². The van der Waals surface area contributed by atoms with Crippen LogP contribution in [0.25, 0.3) is 0 Å². The number of rotatable bonds is 6. The Hall–Kier alpha value is -1.06. The highest BCUT2D eigenvalue weighted by Crippen LogP contribution is 2.22. The summed E-state index contributed by atoms with van der Waals surface area (Å²) in [7, 11) is 0. The quantitative estimate of drug-likeness (QED) is 0.408. The SMILES string of the molecule is NC(=O)C(C=NC1OC(CO)C(O)C1O)CN1CCCC1. The first-order chi connectivity index (χ1) is 10.0. The Labute approximate surface area is 123 Å². The Bertz CT molecular complexity index is 386. The van der Waals surface area contributed by atoms with Crippen LogP contribution in [0.1, 0.15) is 12.8 Å². The summed E-state index contributed by atoms with van der Waals surface area (Å²) in [5.41, 5.74) is 5.37. The van der Waals surface area contributed by atoms with Gasteiger partial charge in [-0.05, 0) is 25.9 Å². The molecule has 120 valence electrons. The number of nitrogens with zero attached hydrogens (tertiary/aromatic N) is 2. The fourth-order valence-corrected chi connectivity index (χ4v) is 2.65. The Morgan fingerprint density at radius 2 is 2.05 bits per heavy atom. The predicted octanol–water partition coefficient (Wildman–Crippen LogP) is -2.31. The third kappa shape index (κ3) is 3.98. The van der Waals surface area contributed by atoms with E-state index in [0.29, 0.717) is 6.54 Å². The minimum atomic E-state index is -1.22.